The van der Waals surface area contributed by atoms with Gasteiger partial charge in [-0.25, -0.2) is 4.79 Å². The van der Waals surface area contributed by atoms with Crippen LogP contribution >= 0.6 is 0 Å². The topological polar surface area (TPSA) is 172 Å². The van der Waals surface area contributed by atoms with Crippen LogP contribution in [0.4, 0.5) is 5.69 Å². The van der Waals surface area contributed by atoms with E-state index >= 15 is 0 Å². The number of nitro benzene ring substituents is 1. The van der Waals surface area contributed by atoms with Gasteiger partial charge >= 0.3 is 11.7 Å². The highest BCUT2D eigenvalue weighted by Crippen LogP contribution is 2.25. The molecule has 0 bridgehead atoms. The Labute approximate surface area is 158 Å². The minimum absolute atomic E-state index is 0.144. The molecule has 0 radical (unpaired) electrons. The number of ether oxygens (including phenoxy) is 1. The number of carbonyl (C=O) groups is 3. The van der Waals surface area contributed by atoms with Crippen molar-refractivity contribution in [3.8, 4) is 0 Å². The normalized spacial score (nSPS) is 18.7. The van der Waals surface area contributed by atoms with Gasteiger partial charge < -0.3 is 20.7 Å². The Morgan fingerprint density at radius 3 is 2.50 bits per heavy atom. The summed E-state index contributed by atoms with van der Waals surface area (Å²) in [5.41, 5.74) is 8.09. The van der Waals surface area contributed by atoms with E-state index < -0.39 is 46.4 Å². The molecule has 1 aromatic rings. The third-order valence-corrected chi connectivity index (χ3v) is 4.17. The van der Waals surface area contributed by atoms with E-state index in [0.717, 1.165) is 0 Å². The molecular formula is C17H16N4O7. The number of ketones is 1. The molecule has 146 valence electrons. The number of aliphatic hydroxyl groups is 1. The maximum atomic E-state index is 12.4. The second kappa shape index (κ2) is 8.33. The van der Waals surface area contributed by atoms with E-state index in [9.17, 15) is 29.6 Å². The zero-order valence-electron chi connectivity index (χ0n) is 14.7. The van der Waals surface area contributed by atoms with Crippen LogP contribution in [0.5, 0.6) is 0 Å². The fourth-order valence-corrected chi connectivity index (χ4v) is 2.60. The SMILES string of the molecule is C=C(C(=O)C(=[N+]=[N-])C(=O)OCc1ccc([N+](=O)[O-])cc1)[C@@H]1NC(=O)[C@@H]1[C@@H](C)O. The first-order valence-corrected chi connectivity index (χ1v) is 8.01. The Morgan fingerprint density at radius 1 is 1.43 bits per heavy atom. The number of benzene rings is 1. The maximum Gasteiger partial charge on any atom is 0.446 e. The van der Waals surface area contributed by atoms with Crippen molar-refractivity contribution in [3.63, 3.8) is 0 Å². The number of hydrogen-bond acceptors (Lipinski definition) is 7. The van der Waals surface area contributed by atoms with Crippen LogP contribution in [0.3, 0.4) is 0 Å². The minimum atomic E-state index is -1.24. The highest BCUT2D eigenvalue weighted by Gasteiger charge is 2.48. The van der Waals surface area contributed by atoms with Crippen LogP contribution in [-0.4, -0.2) is 50.3 Å². The van der Waals surface area contributed by atoms with Crippen molar-refractivity contribution in [2.24, 2.45) is 5.92 Å². The number of carbonyl (C=O) groups excluding carboxylic acids is 3. The standard InChI is InChI=1S/C17H16N4O7/c1-8(13-12(9(2)22)16(24)19-13)15(23)14(20-18)17(25)28-7-10-3-5-11(6-4-10)21(26)27/h3-6,9,12-13,22H,1,7H2,2H3,(H,19,24)/t9-,12-,13+/m1/s1. The predicted octanol–water partition coefficient (Wildman–Crippen LogP) is -0.0705. The van der Waals surface area contributed by atoms with Crippen LogP contribution in [0.1, 0.15) is 12.5 Å². The van der Waals surface area contributed by atoms with Gasteiger partial charge in [0, 0.05) is 17.7 Å². The first-order chi connectivity index (χ1) is 13.2. The molecule has 3 atom stereocenters. The lowest BCUT2D eigenvalue weighted by Gasteiger charge is -2.38. The highest BCUT2D eigenvalue weighted by atomic mass is 16.6. The number of nitro groups is 1. The summed E-state index contributed by atoms with van der Waals surface area (Å²) in [6.07, 6.45) is -1.05. The Balaban J connectivity index is 2.02. The van der Waals surface area contributed by atoms with E-state index in [-0.39, 0.29) is 17.9 Å². The summed E-state index contributed by atoms with van der Waals surface area (Å²) >= 11 is 0. The molecule has 28 heavy (non-hydrogen) atoms. The fraction of sp³-hybridized carbons (Fsp3) is 0.294. The van der Waals surface area contributed by atoms with Crippen LogP contribution in [0.25, 0.3) is 5.53 Å². The minimum Gasteiger partial charge on any atom is -0.452 e. The number of non-ortho nitro benzene ring substituents is 1. The quantitative estimate of drug-likeness (QED) is 0.0721. The first kappa shape index (κ1) is 20.6. The van der Waals surface area contributed by atoms with Gasteiger partial charge in [0.1, 0.15) is 6.61 Å². The number of hydrogen-bond donors (Lipinski definition) is 2. The van der Waals surface area contributed by atoms with Crippen molar-refractivity contribution in [2.75, 3.05) is 0 Å². The van der Waals surface area contributed by atoms with Crippen molar-refractivity contribution >= 4 is 29.1 Å². The number of β-lactam (4-membered cyclic amide) rings is 1. The van der Waals surface area contributed by atoms with Gasteiger partial charge in [-0.1, -0.05) is 6.58 Å². The Kier molecular flexibility index (Phi) is 6.14. The van der Waals surface area contributed by atoms with E-state index in [1.54, 1.807) is 0 Å². The molecule has 0 unspecified atom stereocenters. The zero-order chi connectivity index (χ0) is 21.0. The number of nitrogens with one attached hydrogen (secondary N) is 1. The lowest BCUT2D eigenvalue weighted by Crippen LogP contribution is -2.63. The Bertz CT molecular complexity index is 901. The molecule has 1 aliphatic heterocycles. The van der Waals surface area contributed by atoms with E-state index in [1.165, 1.54) is 31.2 Å². The molecule has 0 spiro atoms. The smallest absolute Gasteiger partial charge is 0.446 e. The molecule has 11 nitrogen and oxygen atoms in total. The van der Waals surface area contributed by atoms with E-state index in [1.807, 2.05) is 0 Å². The average Bonchev–Trinajstić information content (AvgIpc) is 2.63. The van der Waals surface area contributed by atoms with E-state index in [0.29, 0.717) is 5.56 Å². The van der Waals surface area contributed by atoms with Gasteiger partial charge in [0.25, 0.3) is 11.5 Å². The third-order valence-electron chi connectivity index (χ3n) is 4.17. The van der Waals surface area contributed by atoms with Crippen molar-refractivity contribution < 1.29 is 33.9 Å². The highest BCUT2D eigenvalue weighted by molar-refractivity contribution is 6.65. The third kappa shape index (κ3) is 4.17. The second-order valence-corrected chi connectivity index (χ2v) is 6.06. The Morgan fingerprint density at radius 2 is 2.04 bits per heavy atom. The van der Waals surface area contributed by atoms with Crippen molar-refractivity contribution in [2.45, 2.75) is 25.7 Å². The monoisotopic (exact) mass is 388 g/mol. The number of rotatable bonds is 8. The van der Waals surface area contributed by atoms with Gasteiger partial charge in [0.2, 0.25) is 5.91 Å². The lowest BCUT2D eigenvalue weighted by molar-refractivity contribution is -0.384. The summed E-state index contributed by atoms with van der Waals surface area (Å²) in [5.74, 6) is -3.68. The molecule has 1 aliphatic rings. The van der Waals surface area contributed by atoms with Crippen LogP contribution < -0.4 is 5.32 Å². The van der Waals surface area contributed by atoms with Gasteiger partial charge in [-0.15, -0.1) is 0 Å². The fourth-order valence-electron chi connectivity index (χ4n) is 2.60. The summed E-state index contributed by atoms with van der Waals surface area (Å²) in [4.78, 5) is 48.6. The molecule has 1 fully saturated rings. The zero-order valence-corrected chi connectivity index (χ0v) is 14.7. The van der Waals surface area contributed by atoms with Gasteiger partial charge in [0.15, 0.2) is 0 Å². The van der Waals surface area contributed by atoms with E-state index in [4.69, 9.17) is 10.3 Å². The van der Waals surface area contributed by atoms with Gasteiger partial charge in [-0.05, 0) is 24.6 Å². The summed E-state index contributed by atoms with van der Waals surface area (Å²) in [6, 6.07) is 4.25. The number of Topliss-reactive ketones (excluding diaryl/α,β-unsaturated/α-hetero) is 1. The first-order valence-electron chi connectivity index (χ1n) is 8.01. The molecule has 1 saturated heterocycles. The number of nitrogens with zero attached hydrogens (tertiary/aromatic N) is 3. The molecule has 11 heteroatoms. The molecule has 0 aromatic heterocycles. The molecule has 1 amide bonds. The molecule has 0 saturated carbocycles. The van der Waals surface area contributed by atoms with Gasteiger partial charge in [0.05, 0.1) is 23.0 Å². The molecule has 1 heterocycles. The molecule has 2 rings (SSSR count). The maximum absolute atomic E-state index is 12.4. The molecule has 1 aromatic carbocycles. The van der Waals surface area contributed by atoms with Crippen molar-refractivity contribution in [1.82, 2.24) is 5.32 Å². The molecule has 0 aliphatic carbocycles. The second-order valence-electron chi connectivity index (χ2n) is 6.06. The van der Waals surface area contributed by atoms with Crippen LogP contribution in [0.2, 0.25) is 0 Å². The van der Waals surface area contributed by atoms with E-state index in [2.05, 4.69) is 16.7 Å². The lowest BCUT2D eigenvalue weighted by atomic mass is 9.80. The number of amides is 1. The molecule has 2 N–H and O–H groups in total. The van der Waals surface area contributed by atoms with Gasteiger partial charge in [-0.3, -0.25) is 19.7 Å². The Hall–Kier alpha value is -3.69. The van der Waals surface area contributed by atoms with Gasteiger partial charge in [-0.2, -0.15) is 4.79 Å². The predicted molar refractivity (Wildman–Crippen MR) is 92.8 cm³/mol. The summed E-state index contributed by atoms with van der Waals surface area (Å²) in [6.45, 7) is 4.54. The average molecular weight is 388 g/mol. The number of esters is 1. The summed E-state index contributed by atoms with van der Waals surface area (Å²) in [5, 5.41) is 22.6. The van der Waals surface area contributed by atoms with Crippen molar-refractivity contribution in [3.05, 3.63) is 57.6 Å². The number of aliphatic hydroxyl groups excluding tert-OH is 1. The summed E-state index contributed by atoms with van der Waals surface area (Å²) in [7, 11) is 0. The van der Waals surface area contributed by atoms with Crippen LogP contribution in [-0.2, 0) is 25.7 Å². The summed E-state index contributed by atoms with van der Waals surface area (Å²) < 4.78 is 4.88. The molecular weight excluding hydrogens is 372 g/mol. The van der Waals surface area contributed by atoms with Crippen molar-refractivity contribution in [1.29, 1.82) is 0 Å². The largest absolute Gasteiger partial charge is 0.452 e. The van der Waals surface area contributed by atoms with Crippen LogP contribution in [0, 0.1) is 16.0 Å². The van der Waals surface area contributed by atoms with Crippen LogP contribution in [0.15, 0.2) is 36.4 Å².